The molecule has 4 heteroatoms. The summed E-state index contributed by atoms with van der Waals surface area (Å²) in [7, 11) is 0. The van der Waals surface area contributed by atoms with Crippen LogP contribution in [0.5, 0.6) is 0 Å². The zero-order valence-electron chi connectivity index (χ0n) is 17.0. The Labute approximate surface area is 161 Å². The Morgan fingerprint density at radius 3 is 2.42 bits per heavy atom. The van der Waals surface area contributed by atoms with Crippen molar-refractivity contribution in [2.24, 2.45) is 11.8 Å². The molecule has 4 fully saturated rings. The van der Waals surface area contributed by atoms with E-state index in [1.165, 1.54) is 83.8 Å². The summed E-state index contributed by atoms with van der Waals surface area (Å²) in [6, 6.07) is 2.57. The number of fused-ring (bicyclic) bond motifs is 1. The van der Waals surface area contributed by atoms with Crippen molar-refractivity contribution in [3.05, 3.63) is 0 Å². The molecule has 0 amide bonds. The molecule has 2 aliphatic carbocycles. The van der Waals surface area contributed by atoms with Gasteiger partial charge in [0, 0.05) is 44.6 Å². The van der Waals surface area contributed by atoms with Crippen molar-refractivity contribution in [1.29, 1.82) is 0 Å². The van der Waals surface area contributed by atoms with Crippen LogP contribution in [0.15, 0.2) is 0 Å². The van der Waals surface area contributed by atoms with Crippen molar-refractivity contribution in [3.63, 3.8) is 0 Å². The third-order valence-electron chi connectivity index (χ3n) is 7.85. The fourth-order valence-electron chi connectivity index (χ4n) is 6.30. The third-order valence-corrected chi connectivity index (χ3v) is 7.85. The molecule has 0 aromatic heterocycles. The van der Waals surface area contributed by atoms with Gasteiger partial charge in [-0.05, 0) is 83.2 Å². The Kier molecular flexibility index (Phi) is 6.90. The van der Waals surface area contributed by atoms with E-state index < -0.39 is 0 Å². The van der Waals surface area contributed by atoms with Crippen LogP contribution in [0.2, 0.25) is 0 Å². The summed E-state index contributed by atoms with van der Waals surface area (Å²) in [5.41, 5.74) is 0. The first-order valence-electron chi connectivity index (χ1n) is 11.6. The highest BCUT2D eigenvalue weighted by molar-refractivity contribution is 4.93. The van der Waals surface area contributed by atoms with Crippen LogP contribution in [-0.4, -0.2) is 67.4 Å². The number of piperidine rings is 1. The van der Waals surface area contributed by atoms with E-state index in [2.05, 4.69) is 22.0 Å². The molecule has 2 aliphatic heterocycles. The number of likely N-dealkylation sites (tertiary alicyclic amines) is 1. The molecule has 4 aliphatic rings. The van der Waals surface area contributed by atoms with Crippen molar-refractivity contribution >= 4 is 0 Å². The van der Waals surface area contributed by atoms with E-state index in [-0.39, 0.29) is 0 Å². The first-order chi connectivity index (χ1) is 12.8. The lowest BCUT2D eigenvalue weighted by Crippen LogP contribution is -2.60. The smallest absolute Gasteiger partial charge is 0.0494 e. The molecule has 0 spiro atoms. The Morgan fingerprint density at radius 2 is 1.65 bits per heavy atom. The van der Waals surface area contributed by atoms with Crippen LogP contribution in [0.25, 0.3) is 0 Å². The molecule has 0 aromatic carbocycles. The van der Waals surface area contributed by atoms with Gasteiger partial charge in [0.25, 0.3) is 0 Å². The molecule has 2 atom stereocenters. The fourth-order valence-corrected chi connectivity index (χ4v) is 6.30. The molecule has 2 heterocycles. The number of nitrogens with zero attached hydrogens (tertiary/aromatic N) is 2. The van der Waals surface area contributed by atoms with E-state index in [9.17, 15) is 0 Å². The Balaban J connectivity index is 1.23. The second-order valence-electron chi connectivity index (χ2n) is 9.34. The van der Waals surface area contributed by atoms with Gasteiger partial charge in [0.2, 0.25) is 0 Å². The van der Waals surface area contributed by atoms with Crippen LogP contribution in [-0.2, 0) is 4.74 Å². The maximum Gasteiger partial charge on any atom is 0.0494 e. The monoisotopic (exact) mass is 363 g/mol. The molecule has 0 aromatic rings. The molecule has 26 heavy (non-hydrogen) atoms. The minimum Gasteiger partial charge on any atom is -0.381 e. The van der Waals surface area contributed by atoms with Gasteiger partial charge < -0.3 is 15.0 Å². The second-order valence-corrected chi connectivity index (χ2v) is 9.34. The van der Waals surface area contributed by atoms with Crippen molar-refractivity contribution in [2.75, 3.05) is 39.5 Å². The highest BCUT2D eigenvalue weighted by Crippen LogP contribution is 2.35. The van der Waals surface area contributed by atoms with Gasteiger partial charge in [0.15, 0.2) is 0 Å². The first-order valence-corrected chi connectivity index (χ1v) is 11.6. The third kappa shape index (κ3) is 4.45. The van der Waals surface area contributed by atoms with Crippen LogP contribution in [0.1, 0.15) is 71.1 Å². The fraction of sp³-hybridized carbons (Fsp3) is 1.00. The van der Waals surface area contributed by atoms with Crippen molar-refractivity contribution in [1.82, 2.24) is 15.1 Å². The normalized spacial score (nSPS) is 38.2. The maximum atomic E-state index is 5.65. The van der Waals surface area contributed by atoms with Crippen LogP contribution in [0.3, 0.4) is 0 Å². The Bertz CT molecular complexity index is 414. The van der Waals surface area contributed by atoms with E-state index in [0.29, 0.717) is 0 Å². The van der Waals surface area contributed by atoms with Gasteiger partial charge in [0.1, 0.15) is 0 Å². The molecular formula is C22H41N3O. The van der Waals surface area contributed by atoms with Gasteiger partial charge in [-0.15, -0.1) is 0 Å². The van der Waals surface area contributed by atoms with Gasteiger partial charge in [-0.25, -0.2) is 0 Å². The lowest BCUT2D eigenvalue weighted by molar-refractivity contribution is -0.0120. The number of hydrogen-bond acceptors (Lipinski definition) is 4. The van der Waals surface area contributed by atoms with Gasteiger partial charge in [0.05, 0.1) is 0 Å². The number of rotatable bonds is 5. The van der Waals surface area contributed by atoms with Gasteiger partial charge in [-0.2, -0.15) is 0 Å². The van der Waals surface area contributed by atoms with Crippen molar-refractivity contribution in [2.45, 2.75) is 89.3 Å². The molecule has 0 unspecified atom stereocenters. The molecule has 2 saturated carbocycles. The highest BCUT2D eigenvalue weighted by Gasteiger charge is 2.38. The maximum absolute atomic E-state index is 5.65. The summed E-state index contributed by atoms with van der Waals surface area (Å²) in [5, 5.41) is 3.73. The molecule has 1 N–H and O–H groups in total. The minimum atomic E-state index is 0.825. The van der Waals surface area contributed by atoms with E-state index in [1.807, 2.05) is 0 Å². The average molecular weight is 364 g/mol. The van der Waals surface area contributed by atoms with E-state index in [1.54, 1.807) is 0 Å². The zero-order chi connectivity index (χ0) is 17.8. The topological polar surface area (TPSA) is 27.7 Å². The highest BCUT2D eigenvalue weighted by atomic mass is 16.5. The molecule has 2 saturated heterocycles. The largest absolute Gasteiger partial charge is 0.381 e. The van der Waals surface area contributed by atoms with E-state index in [0.717, 1.165) is 49.8 Å². The Hall–Kier alpha value is -0.160. The molecule has 0 radical (unpaired) electrons. The quantitative estimate of drug-likeness (QED) is 0.809. The lowest BCUT2D eigenvalue weighted by Gasteiger charge is -2.50. The van der Waals surface area contributed by atoms with Crippen molar-refractivity contribution in [3.8, 4) is 0 Å². The summed E-state index contributed by atoms with van der Waals surface area (Å²) in [6.07, 6.45) is 14.2. The SMILES string of the molecule is CCOCC1CCC(N2CCC(N3CNC[C@H]4CCCC[C@@H]43)CC2)CC1. The number of nitrogens with one attached hydrogen (secondary N) is 1. The average Bonchev–Trinajstić information content (AvgIpc) is 2.72. The van der Waals surface area contributed by atoms with Crippen molar-refractivity contribution < 1.29 is 4.74 Å². The summed E-state index contributed by atoms with van der Waals surface area (Å²) in [5.74, 6) is 1.75. The van der Waals surface area contributed by atoms with Gasteiger partial charge >= 0.3 is 0 Å². The summed E-state index contributed by atoms with van der Waals surface area (Å²) < 4.78 is 5.65. The standard InChI is InChI=1S/C22H41N3O/c1-2-26-16-18-7-9-20(10-8-18)24-13-11-21(12-14-24)25-17-23-15-19-5-3-4-6-22(19)25/h18-23H,2-17H2,1H3/t18?,19-,20?,22+/m1/s1. The molecule has 4 nitrogen and oxygen atoms in total. The molecule has 4 rings (SSSR count). The predicted octanol–water partition coefficient (Wildman–Crippen LogP) is 3.47. The van der Waals surface area contributed by atoms with Crippen LogP contribution < -0.4 is 5.32 Å². The molecular weight excluding hydrogens is 322 g/mol. The Morgan fingerprint density at radius 1 is 0.885 bits per heavy atom. The first kappa shape index (κ1) is 19.2. The van der Waals surface area contributed by atoms with Crippen LogP contribution in [0, 0.1) is 11.8 Å². The molecule has 0 bridgehead atoms. The minimum absolute atomic E-state index is 0.825. The second kappa shape index (κ2) is 9.36. The van der Waals surface area contributed by atoms with E-state index in [4.69, 9.17) is 4.74 Å². The van der Waals surface area contributed by atoms with Gasteiger partial charge in [-0.1, -0.05) is 12.8 Å². The van der Waals surface area contributed by atoms with Crippen LogP contribution >= 0.6 is 0 Å². The number of hydrogen-bond donors (Lipinski definition) is 1. The number of ether oxygens (including phenoxy) is 1. The van der Waals surface area contributed by atoms with Gasteiger partial charge in [-0.3, -0.25) is 4.90 Å². The summed E-state index contributed by atoms with van der Waals surface area (Å²) in [6.45, 7) is 9.07. The lowest BCUT2D eigenvalue weighted by atomic mass is 9.81. The van der Waals surface area contributed by atoms with E-state index >= 15 is 0 Å². The zero-order valence-corrected chi connectivity index (χ0v) is 17.0. The van der Waals surface area contributed by atoms with Crippen LogP contribution in [0.4, 0.5) is 0 Å². The predicted molar refractivity (Wildman–Crippen MR) is 107 cm³/mol. The summed E-state index contributed by atoms with van der Waals surface area (Å²) >= 11 is 0. The molecule has 150 valence electrons. The summed E-state index contributed by atoms with van der Waals surface area (Å²) in [4.78, 5) is 5.72.